The molecule has 0 saturated carbocycles. The molecule has 1 aliphatic heterocycles. The van der Waals surface area contributed by atoms with E-state index in [9.17, 15) is 9.90 Å². The number of aromatic nitrogens is 2. The number of hydrogen-bond donors (Lipinski definition) is 2. The smallest absolute Gasteiger partial charge is 0.252 e. The molecule has 8 nitrogen and oxygen atoms in total. The van der Waals surface area contributed by atoms with Crippen LogP contribution in [0.15, 0.2) is 28.9 Å². The number of aliphatic hydroxyl groups is 1. The van der Waals surface area contributed by atoms with Crippen LogP contribution in [0.2, 0.25) is 0 Å². The highest BCUT2D eigenvalue weighted by Crippen LogP contribution is 2.46. The molecule has 154 valence electrons. The molecule has 1 aliphatic rings. The van der Waals surface area contributed by atoms with E-state index in [1.807, 2.05) is 23.9 Å². The van der Waals surface area contributed by atoms with Gasteiger partial charge in [-0.2, -0.15) is 0 Å². The summed E-state index contributed by atoms with van der Waals surface area (Å²) in [6.45, 7) is 2.89. The molecule has 1 amide bonds. The lowest BCUT2D eigenvalue weighted by atomic mass is 9.72. The lowest BCUT2D eigenvalue weighted by Crippen LogP contribution is -2.38. The molecule has 8 heteroatoms. The number of ether oxygens (including phenoxy) is 2. The van der Waals surface area contributed by atoms with Gasteiger partial charge in [-0.05, 0) is 31.9 Å². The lowest BCUT2D eigenvalue weighted by molar-refractivity contribution is 0.0246. The highest BCUT2D eigenvalue weighted by atomic mass is 16.5. The van der Waals surface area contributed by atoms with E-state index >= 15 is 0 Å². The van der Waals surface area contributed by atoms with Crippen LogP contribution in [0.4, 0.5) is 0 Å². The van der Waals surface area contributed by atoms with Gasteiger partial charge in [0, 0.05) is 49.0 Å². The molecule has 4 rings (SSSR count). The lowest BCUT2D eigenvalue weighted by Gasteiger charge is -2.37. The molecular formula is C21H25N3O5. The number of amides is 1. The number of nitrogens with zero attached hydrogens (tertiary/aromatic N) is 2. The standard InChI is InChI=1S/C21H25N3O5/c1-13-17(20(22)26)18-14(29-13)3-4-15(28-11-16-23-7-8-24(16)2)19(18)21(12-25)5-9-27-10-6-21/h3-4,7-8,25H,5-6,9-12H2,1-2H3,(H2,22,26). The van der Waals surface area contributed by atoms with Crippen LogP contribution in [0.1, 0.15) is 40.3 Å². The quantitative estimate of drug-likeness (QED) is 0.657. The van der Waals surface area contributed by atoms with Crippen molar-refractivity contribution in [1.29, 1.82) is 0 Å². The van der Waals surface area contributed by atoms with Gasteiger partial charge < -0.3 is 29.3 Å². The Balaban J connectivity index is 1.91. The van der Waals surface area contributed by atoms with Crippen molar-refractivity contribution in [3.63, 3.8) is 0 Å². The van der Waals surface area contributed by atoms with E-state index in [-0.39, 0.29) is 13.2 Å². The van der Waals surface area contributed by atoms with Gasteiger partial charge in [0.15, 0.2) is 0 Å². The Morgan fingerprint density at radius 3 is 2.76 bits per heavy atom. The van der Waals surface area contributed by atoms with E-state index < -0.39 is 11.3 Å². The number of rotatable bonds is 6. The summed E-state index contributed by atoms with van der Waals surface area (Å²) in [5.41, 5.74) is 6.70. The highest BCUT2D eigenvalue weighted by Gasteiger charge is 2.40. The summed E-state index contributed by atoms with van der Waals surface area (Å²) < 4.78 is 19.4. The summed E-state index contributed by atoms with van der Waals surface area (Å²) in [4.78, 5) is 16.5. The first kappa shape index (κ1) is 19.5. The predicted molar refractivity (Wildman–Crippen MR) is 106 cm³/mol. The second-order valence-electron chi connectivity index (χ2n) is 7.50. The molecule has 0 unspecified atom stereocenters. The number of aryl methyl sites for hydroxylation is 2. The van der Waals surface area contributed by atoms with Gasteiger partial charge in [0.2, 0.25) is 0 Å². The third kappa shape index (κ3) is 3.28. The molecule has 3 heterocycles. The zero-order valence-electron chi connectivity index (χ0n) is 16.6. The summed E-state index contributed by atoms with van der Waals surface area (Å²) >= 11 is 0. The van der Waals surface area contributed by atoms with Crippen molar-refractivity contribution in [2.75, 3.05) is 19.8 Å². The molecule has 2 aromatic heterocycles. The largest absolute Gasteiger partial charge is 0.485 e. The Labute approximate surface area is 168 Å². The second-order valence-corrected chi connectivity index (χ2v) is 7.50. The van der Waals surface area contributed by atoms with Gasteiger partial charge in [-0.25, -0.2) is 4.98 Å². The van der Waals surface area contributed by atoms with Crippen molar-refractivity contribution in [1.82, 2.24) is 9.55 Å². The molecule has 3 aromatic rings. The molecule has 0 aliphatic carbocycles. The molecule has 1 saturated heterocycles. The Hall–Kier alpha value is -2.84. The SMILES string of the molecule is Cc1oc2ccc(OCc3nccn3C)c(C3(CO)CCOCC3)c2c1C(N)=O. The fourth-order valence-electron chi connectivity index (χ4n) is 4.16. The zero-order valence-corrected chi connectivity index (χ0v) is 16.6. The number of nitrogens with two attached hydrogens (primary N) is 1. The Morgan fingerprint density at radius 2 is 2.14 bits per heavy atom. The van der Waals surface area contributed by atoms with Crippen molar-refractivity contribution in [3.05, 3.63) is 47.2 Å². The van der Waals surface area contributed by atoms with E-state index in [1.54, 1.807) is 19.2 Å². The maximum absolute atomic E-state index is 12.2. The number of aliphatic hydroxyl groups excluding tert-OH is 1. The fraction of sp³-hybridized carbons (Fsp3) is 0.429. The molecule has 0 radical (unpaired) electrons. The van der Waals surface area contributed by atoms with Crippen molar-refractivity contribution in [2.45, 2.75) is 31.8 Å². The topological polar surface area (TPSA) is 113 Å². The molecular weight excluding hydrogens is 374 g/mol. The van der Waals surface area contributed by atoms with E-state index in [2.05, 4.69) is 4.98 Å². The average Bonchev–Trinajstić information content (AvgIpc) is 3.28. The van der Waals surface area contributed by atoms with Crippen LogP contribution in [0, 0.1) is 6.92 Å². The van der Waals surface area contributed by atoms with E-state index in [0.29, 0.717) is 54.1 Å². The maximum Gasteiger partial charge on any atom is 0.252 e. The summed E-state index contributed by atoms with van der Waals surface area (Å²) in [7, 11) is 1.90. The van der Waals surface area contributed by atoms with Crippen LogP contribution >= 0.6 is 0 Å². The number of carbonyl (C=O) groups is 1. The van der Waals surface area contributed by atoms with Gasteiger partial charge in [-0.1, -0.05) is 0 Å². The Kier molecular flexibility index (Phi) is 5.06. The molecule has 1 fully saturated rings. The number of imidazole rings is 1. The molecule has 0 bridgehead atoms. The van der Waals surface area contributed by atoms with Crippen LogP contribution in [0.5, 0.6) is 5.75 Å². The number of primary amides is 1. The van der Waals surface area contributed by atoms with Crippen molar-refractivity contribution < 1.29 is 23.8 Å². The summed E-state index contributed by atoms with van der Waals surface area (Å²) in [5, 5.41) is 11.1. The minimum Gasteiger partial charge on any atom is -0.485 e. The van der Waals surface area contributed by atoms with Crippen molar-refractivity contribution in [2.24, 2.45) is 12.8 Å². The normalized spacial score (nSPS) is 16.2. The van der Waals surface area contributed by atoms with E-state index in [0.717, 1.165) is 11.4 Å². The summed E-state index contributed by atoms with van der Waals surface area (Å²) in [6, 6.07) is 3.59. The number of carbonyl (C=O) groups excluding carboxylic acids is 1. The number of benzene rings is 1. The summed E-state index contributed by atoms with van der Waals surface area (Å²) in [6.07, 6.45) is 4.76. The van der Waals surface area contributed by atoms with Crippen LogP contribution < -0.4 is 10.5 Å². The van der Waals surface area contributed by atoms with Gasteiger partial charge >= 0.3 is 0 Å². The first-order valence-corrected chi connectivity index (χ1v) is 9.61. The number of furan rings is 1. The van der Waals surface area contributed by atoms with Gasteiger partial charge in [-0.3, -0.25) is 4.79 Å². The Morgan fingerprint density at radius 1 is 1.38 bits per heavy atom. The molecule has 0 atom stereocenters. The highest BCUT2D eigenvalue weighted by molar-refractivity contribution is 6.08. The van der Waals surface area contributed by atoms with Crippen LogP contribution in [0.25, 0.3) is 11.0 Å². The minimum absolute atomic E-state index is 0.101. The number of hydrogen-bond acceptors (Lipinski definition) is 6. The van der Waals surface area contributed by atoms with Gasteiger partial charge in [0.05, 0.1) is 12.2 Å². The first-order valence-electron chi connectivity index (χ1n) is 9.61. The van der Waals surface area contributed by atoms with Crippen LogP contribution in [-0.4, -0.2) is 40.4 Å². The summed E-state index contributed by atoms with van der Waals surface area (Å²) in [5.74, 6) is 1.23. The first-order chi connectivity index (χ1) is 14.0. The van der Waals surface area contributed by atoms with Crippen LogP contribution in [-0.2, 0) is 23.8 Å². The van der Waals surface area contributed by atoms with Gasteiger partial charge in [0.1, 0.15) is 29.5 Å². The number of fused-ring (bicyclic) bond motifs is 1. The maximum atomic E-state index is 12.2. The Bertz CT molecular complexity index is 1050. The average molecular weight is 399 g/mol. The molecule has 0 spiro atoms. The monoisotopic (exact) mass is 399 g/mol. The molecule has 1 aromatic carbocycles. The van der Waals surface area contributed by atoms with E-state index in [4.69, 9.17) is 19.6 Å². The third-order valence-electron chi connectivity index (χ3n) is 5.80. The molecule has 29 heavy (non-hydrogen) atoms. The van der Waals surface area contributed by atoms with Gasteiger partial charge in [-0.15, -0.1) is 0 Å². The second kappa shape index (κ2) is 7.53. The van der Waals surface area contributed by atoms with E-state index in [1.165, 1.54) is 0 Å². The van der Waals surface area contributed by atoms with Crippen molar-refractivity contribution >= 4 is 16.9 Å². The van der Waals surface area contributed by atoms with Gasteiger partial charge in [0.25, 0.3) is 5.91 Å². The van der Waals surface area contributed by atoms with Crippen molar-refractivity contribution in [3.8, 4) is 5.75 Å². The van der Waals surface area contributed by atoms with Crippen LogP contribution in [0.3, 0.4) is 0 Å². The molecule has 3 N–H and O–H groups in total. The third-order valence-corrected chi connectivity index (χ3v) is 5.80. The minimum atomic E-state index is -0.616. The zero-order chi connectivity index (χ0) is 20.6. The predicted octanol–water partition coefficient (Wildman–Crippen LogP) is 2.19. The fourth-order valence-corrected chi connectivity index (χ4v) is 4.16.